The van der Waals surface area contributed by atoms with Crippen molar-refractivity contribution in [3.63, 3.8) is 0 Å². The van der Waals surface area contributed by atoms with Crippen LogP contribution in [0, 0.1) is 0 Å². The number of fused-ring (bicyclic) bond motifs is 1. The Bertz CT molecular complexity index is 1230. The maximum absolute atomic E-state index is 12.6. The molecule has 3 rings (SSSR count). The van der Waals surface area contributed by atoms with Gasteiger partial charge in [-0.3, -0.25) is 4.79 Å². The highest BCUT2D eigenvalue weighted by Gasteiger charge is 2.23. The molecular weight excluding hydrogens is 436 g/mol. The van der Waals surface area contributed by atoms with Gasteiger partial charge in [0.05, 0.1) is 11.5 Å². The van der Waals surface area contributed by atoms with E-state index in [9.17, 15) is 18.0 Å². The number of anilines is 1. The van der Waals surface area contributed by atoms with Gasteiger partial charge in [0.25, 0.3) is 5.91 Å². The lowest BCUT2D eigenvalue weighted by Crippen LogP contribution is -2.23. The summed E-state index contributed by atoms with van der Waals surface area (Å²) in [5.74, 6) is -1.44. The first-order valence-electron chi connectivity index (χ1n) is 9.81. The molecule has 0 atom stereocenters. The highest BCUT2D eigenvalue weighted by atomic mass is 32.2. The highest BCUT2D eigenvalue weighted by molar-refractivity contribution is 7.89. The SMILES string of the molecule is CCOCc1c(C(=O)OCC(=O)Nc2cccc(S(=O)(=O)N(C)C)c2)oc2ccccc12. The molecule has 0 aliphatic rings. The fourth-order valence-electron chi connectivity index (χ4n) is 2.95. The Morgan fingerprint density at radius 3 is 2.56 bits per heavy atom. The molecule has 0 unspecified atom stereocenters. The molecular formula is C22H24N2O7S. The number of nitrogens with one attached hydrogen (secondary N) is 1. The molecule has 1 amide bonds. The molecule has 170 valence electrons. The van der Waals surface area contributed by atoms with E-state index in [1.807, 2.05) is 19.1 Å². The van der Waals surface area contributed by atoms with Crippen LogP contribution in [0.15, 0.2) is 57.8 Å². The standard InChI is InChI=1S/C22H24N2O7S/c1-4-29-13-18-17-10-5-6-11-19(17)31-21(18)22(26)30-14-20(25)23-15-8-7-9-16(12-15)32(27,28)24(2)3/h5-12H,4,13-14H2,1-3H3,(H,23,25). The van der Waals surface area contributed by atoms with Crippen molar-refractivity contribution < 1.29 is 31.9 Å². The molecule has 0 radical (unpaired) electrons. The van der Waals surface area contributed by atoms with Crippen molar-refractivity contribution in [1.29, 1.82) is 0 Å². The molecule has 1 N–H and O–H groups in total. The van der Waals surface area contributed by atoms with Crippen LogP contribution >= 0.6 is 0 Å². The second-order valence-corrected chi connectivity index (χ2v) is 9.13. The molecule has 0 aliphatic carbocycles. The first-order valence-corrected chi connectivity index (χ1v) is 11.3. The van der Waals surface area contributed by atoms with Crippen molar-refractivity contribution in [2.45, 2.75) is 18.4 Å². The lowest BCUT2D eigenvalue weighted by Gasteiger charge is -2.12. The number of hydrogen-bond acceptors (Lipinski definition) is 7. The fraction of sp³-hybridized carbons (Fsp3) is 0.273. The van der Waals surface area contributed by atoms with Crippen LogP contribution in [0.1, 0.15) is 23.0 Å². The molecule has 0 saturated heterocycles. The number of nitrogens with zero attached hydrogens (tertiary/aromatic N) is 1. The van der Waals surface area contributed by atoms with Crippen LogP contribution in [0.5, 0.6) is 0 Å². The Kier molecular flexibility index (Phi) is 7.29. The molecule has 0 spiro atoms. The van der Waals surface area contributed by atoms with Crippen molar-refractivity contribution in [2.24, 2.45) is 0 Å². The van der Waals surface area contributed by atoms with Crippen LogP contribution in [0.2, 0.25) is 0 Å². The quantitative estimate of drug-likeness (QED) is 0.488. The average molecular weight is 461 g/mol. The Morgan fingerprint density at radius 2 is 1.84 bits per heavy atom. The maximum Gasteiger partial charge on any atom is 0.375 e. The van der Waals surface area contributed by atoms with Crippen LogP contribution in [-0.4, -0.2) is 51.9 Å². The van der Waals surface area contributed by atoms with Crippen LogP contribution in [0.25, 0.3) is 11.0 Å². The zero-order valence-corrected chi connectivity index (χ0v) is 18.8. The molecule has 0 aliphatic heterocycles. The number of sulfonamides is 1. The number of esters is 1. The Morgan fingerprint density at radius 1 is 1.09 bits per heavy atom. The molecule has 9 nitrogen and oxygen atoms in total. The first kappa shape index (κ1) is 23.5. The number of hydrogen-bond donors (Lipinski definition) is 1. The summed E-state index contributed by atoms with van der Waals surface area (Å²) < 4.78 is 41.7. The third kappa shape index (κ3) is 5.16. The van der Waals surface area contributed by atoms with E-state index in [0.29, 0.717) is 17.8 Å². The van der Waals surface area contributed by atoms with Gasteiger partial charge >= 0.3 is 5.97 Å². The van der Waals surface area contributed by atoms with E-state index < -0.39 is 28.5 Å². The molecule has 10 heteroatoms. The molecule has 3 aromatic rings. The third-order valence-electron chi connectivity index (χ3n) is 4.56. The second kappa shape index (κ2) is 9.94. The van der Waals surface area contributed by atoms with E-state index in [0.717, 1.165) is 9.69 Å². The fourth-order valence-corrected chi connectivity index (χ4v) is 3.90. The van der Waals surface area contributed by atoms with Crippen molar-refractivity contribution in [1.82, 2.24) is 4.31 Å². The van der Waals surface area contributed by atoms with Gasteiger partial charge in [0.1, 0.15) is 5.58 Å². The van der Waals surface area contributed by atoms with E-state index in [-0.39, 0.29) is 22.9 Å². The number of furan rings is 1. The van der Waals surface area contributed by atoms with E-state index in [2.05, 4.69) is 5.32 Å². The van der Waals surface area contributed by atoms with Crippen LogP contribution < -0.4 is 5.32 Å². The van der Waals surface area contributed by atoms with Crippen LogP contribution in [0.3, 0.4) is 0 Å². The summed E-state index contributed by atoms with van der Waals surface area (Å²) in [5, 5.41) is 3.25. The Hall–Kier alpha value is -3.21. The van der Waals surface area contributed by atoms with Crippen LogP contribution in [0.4, 0.5) is 5.69 Å². The summed E-state index contributed by atoms with van der Waals surface area (Å²) in [4.78, 5) is 24.9. The number of ether oxygens (including phenoxy) is 2. The minimum atomic E-state index is -3.65. The van der Waals surface area contributed by atoms with Gasteiger partial charge in [-0.05, 0) is 31.2 Å². The zero-order valence-electron chi connectivity index (χ0n) is 18.0. The monoisotopic (exact) mass is 460 g/mol. The lowest BCUT2D eigenvalue weighted by atomic mass is 10.1. The number of amides is 1. The predicted molar refractivity (Wildman–Crippen MR) is 118 cm³/mol. The number of rotatable bonds is 9. The molecule has 0 saturated carbocycles. The van der Waals surface area contributed by atoms with Gasteiger partial charge in [0.2, 0.25) is 15.8 Å². The van der Waals surface area contributed by atoms with Crippen molar-refractivity contribution in [2.75, 3.05) is 32.6 Å². The van der Waals surface area contributed by atoms with Gasteiger partial charge in [0.15, 0.2) is 6.61 Å². The lowest BCUT2D eigenvalue weighted by molar-refractivity contribution is -0.119. The van der Waals surface area contributed by atoms with Gasteiger partial charge in [-0.1, -0.05) is 24.3 Å². The summed E-state index contributed by atoms with van der Waals surface area (Å²) in [5.41, 5.74) is 1.32. The molecule has 2 aromatic carbocycles. The van der Waals surface area contributed by atoms with Gasteiger partial charge in [-0.15, -0.1) is 0 Å². The number of carbonyl (C=O) groups is 2. The van der Waals surface area contributed by atoms with E-state index >= 15 is 0 Å². The number of para-hydroxylation sites is 1. The number of benzene rings is 2. The van der Waals surface area contributed by atoms with E-state index in [4.69, 9.17) is 13.9 Å². The van der Waals surface area contributed by atoms with Gasteiger partial charge in [-0.25, -0.2) is 17.5 Å². The predicted octanol–water partition coefficient (Wildman–Crippen LogP) is 3.02. The highest BCUT2D eigenvalue weighted by Crippen LogP contribution is 2.27. The summed E-state index contributed by atoms with van der Waals surface area (Å²) in [6.45, 7) is 1.88. The Labute approximate surface area is 186 Å². The third-order valence-corrected chi connectivity index (χ3v) is 6.38. The molecule has 0 bridgehead atoms. The first-order chi connectivity index (χ1) is 15.2. The minimum absolute atomic E-state index is 0.0217. The summed E-state index contributed by atoms with van der Waals surface area (Å²) in [7, 11) is -0.821. The summed E-state index contributed by atoms with van der Waals surface area (Å²) >= 11 is 0. The zero-order chi connectivity index (χ0) is 23.3. The van der Waals surface area contributed by atoms with E-state index in [1.165, 1.54) is 38.4 Å². The second-order valence-electron chi connectivity index (χ2n) is 6.98. The van der Waals surface area contributed by atoms with Crippen molar-refractivity contribution in [3.8, 4) is 0 Å². The normalized spacial score (nSPS) is 11.6. The summed E-state index contributed by atoms with van der Waals surface area (Å²) in [6.07, 6.45) is 0. The smallest absolute Gasteiger partial charge is 0.375 e. The largest absolute Gasteiger partial charge is 0.450 e. The van der Waals surface area contributed by atoms with Gasteiger partial charge < -0.3 is 19.2 Å². The average Bonchev–Trinajstić information content (AvgIpc) is 3.14. The van der Waals surface area contributed by atoms with Crippen molar-refractivity contribution >= 4 is 38.6 Å². The number of carbonyl (C=O) groups excluding carboxylic acids is 2. The topological polar surface area (TPSA) is 115 Å². The molecule has 1 aromatic heterocycles. The molecule has 0 fully saturated rings. The van der Waals surface area contributed by atoms with Crippen LogP contribution in [-0.2, 0) is 30.9 Å². The van der Waals surface area contributed by atoms with Gasteiger partial charge in [0, 0.05) is 37.3 Å². The molecule has 32 heavy (non-hydrogen) atoms. The van der Waals surface area contributed by atoms with E-state index in [1.54, 1.807) is 12.1 Å². The molecule has 1 heterocycles. The Balaban J connectivity index is 1.69. The summed E-state index contributed by atoms with van der Waals surface area (Å²) in [6, 6.07) is 12.9. The van der Waals surface area contributed by atoms with Crippen molar-refractivity contribution in [3.05, 3.63) is 59.9 Å². The maximum atomic E-state index is 12.6. The minimum Gasteiger partial charge on any atom is -0.450 e. The van der Waals surface area contributed by atoms with Gasteiger partial charge in [-0.2, -0.15) is 0 Å².